The van der Waals surface area contributed by atoms with Crippen LogP contribution < -0.4 is 15.6 Å². The fraction of sp³-hybridized carbons (Fsp3) is 0.304. The second kappa shape index (κ2) is 9.80. The van der Waals surface area contributed by atoms with Gasteiger partial charge in [0.05, 0.1) is 11.3 Å². The molecule has 2 heterocycles. The van der Waals surface area contributed by atoms with E-state index in [1.54, 1.807) is 20.8 Å². The van der Waals surface area contributed by atoms with Crippen LogP contribution >= 0.6 is 0 Å². The number of hydrogen-bond acceptors (Lipinski definition) is 5. The zero-order chi connectivity index (χ0) is 26.0. The fourth-order valence-corrected chi connectivity index (χ4v) is 2.96. The Morgan fingerprint density at radius 1 is 1.11 bits per heavy atom. The first-order valence-corrected chi connectivity index (χ1v) is 10.3. The number of amides is 1. The van der Waals surface area contributed by atoms with Gasteiger partial charge in [-0.2, -0.15) is 22.0 Å². The van der Waals surface area contributed by atoms with Crippen LogP contribution in [0.1, 0.15) is 32.0 Å². The van der Waals surface area contributed by atoms with Gasteiger partial charge in [0.2, 0.25) is 5.91 Å². The zero-order valence-electron chi connectivity index (χ0n) is 18.8. The molecule has 0 aliphatic heterocycles. The van der Waals surface area contributed by atoms with Gasteiger partial charge in [0.15, 0.2) is 0 Å². The van der Waals surface area contributed by atoms with E-state index in [1.165, 1.54) is 18.2 Å². The molecule has 0 saturated heterocycles. The third kappa shape index (κ3) is 6.61. The molecule has 0 bridgehead atoms. The predicted octanol–water partition coefficient (Wildman–Crippen LogP) is 4.78. The Balaban J connectivity index is 2.02. The van der Waals surface area contributed by atoms with Gasteiger partial charge in [0.1, 0.15) is 17.3 Å². The molecule has 3 aromatic rings. The summed E-state index contributed by atoms with van der Waals surface area (Å²) in [6.45, 7) is 2.07. The van der Waals surface area contributed by atoms with Gasteiger partial charge in [-0.3, -0.25) is 14.6 Å². The predicted molar refractivity (Wildman–Crippen MR) is 116 cm³/mol. The van der Waals surface area contributed by atoms with E-state index in [4.69, 9.17) is 0 Å². The van der Waals surface area contributed by atoms with Crippen LogP contribution in [0.2, 0.25) is 0 Å². The van der Waals surface area contributed by atoms with Gasteiger partial charge in [0, 0.05) is 29.8 Å². The number of nitrogens with zero attached hydrogens (tertiary/aromatic N) is 2. The van der Waals surface area contributed by atoms with Gasteiger partial charge in [-0.05, 0) is 29.8 Å². The molecule has 0 atom stereocenters. The third-order valence-corrected chi connectivity index (χ3v) is 4.74. The molecule has 12 heteroatoms. The highest BCUT2D eigenvalue weighted by molar-refractivity contribution is 5.81. The Kier molecular flexibility index (Phi) is 7.22. The number of aromatic amines is 1. The van der Waals surface area contributed by atoms with Crippen molar-refractivity contribution in [3.8, 4) is 28.4 Å². The molecule has 0 aliphatic rings. The van der Waals surface area contributed by atoms with Crippen LogP contribution in [0.5, 0.6) is 5.75 Å². The van der Waals surface area contributed by atoms with Gasteiger partial charge in [0.25, 0.3) is 5.56 Å². The van der Waals surface area contributed by atoms with Crippen LogP contribution in [-0.2, 0) is 17.5 Å². The summed E-state index contributed by atoms with van der Waals surface area (Å²) in [5.74, 6) is -0.695. The maximum absolute atomic E-state index is 13.0. The van der Waals surface area contributed by atoms with Crippen LogP contribution in [0.3, 0.4) is 0 Å². The van der Waals surface area contributed by atoms with Crippen LogP contribution in [0.4, 0.5) is 22.0 Å². The van der Waals surface area contributed by atoms with E-state index in [1.807, 2.05) is 0 Å². The van der Waals surface area contributed by atoms with Gasteiger partial charge in [-0.1, -0.05) is 26.8 Å². The summed E-state index contributed by atoms with van der Waals surface area (Å²) in [4.78, 5) is 34.4. The molecule has 35 heavy (non-hydrogen) atoms. The first kappa shape index (κ1) is 25.8. The molecule has 1 aromatic carbocycles. The Morgan fingerprint density at radius 2 is 1.83 bits per heavy atom. The van der Waals surface area contributed by atoms with Gasteiger partial charge in [-0.15, -0.1) is 0 Å². The Morgan fingerprint density at radius 3 is 2.40 bits per heavy atom. The molecule has 2 aromatic heterocycles. The number of pyridine rings is 1. The molecule has 0 radical (unpaired) electrons. The molecule has 0 fully saturated rings. The summed E-state index contributed by atoms with van der Waals surface area (Å²) in [6, 6.07) is 6.99. The molecule has 0 aliphatic carbocycles. The molecule has 0 unspecified atom stereocenters. The van der Waals surface area contributed by atoms with E-state index in [2.05, 4.69) is 25.0 Å². The van der Waals surface area contributed by atoms with E-state index in [0.717, 1.165) is 24.4 Å². The van der Waals surface area contributed by atoms with Crippen LogP contribution in [0.25, 0.3) is 22.6 Å². The van der Waals surface area contributed by atoms with Crippen molar-refractivity contribution in [1.82, 2.24) is 20.3 Å². The lowest BCUT2D eigenvalue weighted by atomic mass is 9.95. The number of carbonyl (C=O) groups is 1. The van der Waals surface area contributed by atoms with E-state index < -0.39 is 29.5 Å². The van der Waals surface area contributed by atoms with E-state index in [-0.39, 0.29) is 40.8 Å². The Bertz CT molecular complexity index is 1270. The minimum Gasteiger partial charge on any atom is -0.434 e. The summed E-state index contributed by atoms with van der Waals surface area (Å²) in [5, 5.41) is 2.72. The summed E-state index contributed by atoms with van der Waals surface area (Å²) < 4.78 is 68.9. The van der Waals surface area contributed by atoms with E-state index in [0.29, 0.717) is 5.56 Å². The lowest BCUT2D eigenvalue weighted by molar-refractivity contribution is -0.141. The number of aromatic nitrogens is 3. The highest BCUT2D eigenvalue weighted by atomic mass is 19.4. The minimum atomic E-state index is -4.64. The number of hydrogen-bond donors (Lipinski definition) is 2. The Hall–Kier alpha value is -3.83. The van der Waals surface area contributed by atoms with E-state index in [9.17, 15) is 31.5 Å². The molecule has 1 amide bonds. The van der Waals surface area contributed by atoms with Crippen LogP contribution in [0, 0.1) is 5.41 Å². The number of halogens is 5. The second-order valence-electron chi connectivity index (χ2n) is 8.55. The van der Waals surface area contributed by atoms with Gasteiger partial charge in [-0.25, -0.2) is 4.98 Å². The van der Waals surface area contributed by atoms with Crippen LogP contribution in [-0.4, -0.2) is 27.5 Å². The minimum absolute atomic E-state index is 0.00775. The highest BCUT2D eigenvalue weighted by Crippen LogP contribution is 2.32. The average molecular weight is 496 g/mol. The SMILES string of the molecule is CC(C)(C)C(=O)NCc1ccc(OC(F)F)c(-c2nc(-c3ccc(C(F)(F)F)nc3)cc(=O)[nH]2)c1. The number of ether oxygens (including phenoxy) is 1. The molecule has 186 valence electrons. The monoisotopic (exact) mass is 496 g/mol. The van der Waals surface area contributed by atoms with E-state index >= 15 is 0 Å². The largest absolute Gasteiger partial charge is 0.434 e. The molecule has 7 nitrogen and oxygen atoms in total. The topological polar surface area (TPSA) is 97.0 Å². The number of nitrogens with one attached hydrogen (secondary N) is 2. The summed E-state index contributed by atoms with van der Waals surface area (Å²) in [5.41, 5.74) is -1.88. The van der Waals surface area contributed by atoms with Crippen molar-refractivity contribution in [3.63, 3.8) is 0 Å². The zero-order valence-corrected chi connectivity index (χ0v) is 18.8. The van der Waals surface area contributed by atoms with Crippen LogP contribution in [0.15, 0.2) is 47.4 Å². The first-order chi connectivity index (χ1) is 16.2. The summed E-state index contributed by atoms with van der Waals surface area (Å²) >= 11 is 0. The highest BCUT2D eigenvalue weighted by Gasteiger charge is 2.32. The third-order valence-electron chi connectivity index (χ3n) is 4.74. The number of carbonyl (C=O) groups excluding carboxylic acids is 1. The quantitative estimate of drug-likeness (QED) is 0.479. The van der Waals surface area contributed by atoms with Gasteiger partial charge >= 0.3 is 12.8 Å². The van der Waals surface area contributed by atoms with Crippen molar-refractivity contribution in [3.05, 3.63) is 64.2 Å². The lowest BCUT2D eigenvalue weighted by Crippen LogP contribution is -2.34. The van der Waals surface area contributed by atoms with Crippen molar-refractivity contribution in [1.29, 1.82) is 0 Å². The number of rotatable bonds is 6. The summed E-state index contributed by atoms with van der Waals surface area (Å²) in [6.07, 6.45) is -3.74. The molecule has 0 spiro atoms. The number of benzene rings is 1. The van der Waals surface area contributed by atoms with Crippen molar-refractivity contribution in [2.45, 2.75) is 40.1 Å². The van der Waals surface area contributed by atoms with Gasteiger partial charge < -0.3 is 15.0 Å². The van der Waals surface area contributed by atoms with Crippen molar-refractivity contribution >= 4 is 5.91 Å². The second-order valence-corrected chi connectivity index (χ2v) is 8.55. The average Bonchev–Trinajstić information content (AvgIpc) is 2.76. The standard InChI is InChI=1S/C23H21F5N4O3/c1-22(2,3)20(34)30-10-12-4-6-16(35-21(24)25)14(8-12)19-31-15(9-18(33)32-19)13-5-7-17(29-11-13)23(26,27)28/h4-9,11,21H,10H2,1-3H3,(H,30,34)(H,31,32,33). The normalized spacial score (nSPS) is 12.0. The molecule has 2 N–H and O–H groups in total. The van der Waals surface area contributed by atoms with Crippen molar-refractivity contribution in [2.75, 3.05) is 0 Å². The maximum Gasteiger partial charge on any atom is 0.433 e. The Labute approximate surface area is 196 Å². The number of alkyl halides is 5. The fourth-order valence-electron chi connectivity index (χ4n) is 2.96. The molecule has 0 saturated carbocycles. The van der Waals surface area contributed by atoms with Crippen molar-refractivity contribution in [2.24, 2.45) is 5.41 Å². The number of H-pyrrole nitrogens is 1. The summed E-state index contributed by atoms with van der Waals surface area (Å²) in [7, 11) is 0. The molecule has 3 rings (SSSR count). The van der Waals surface area contributed by atoms with Crippen molar-refractivity contribution < 1.29 is 31.5 Å². The molecular formula is C23H21F5N4O3. The lowest BCUT2D eigenvalue weighted by Gasteiger charge is -2.18. The smallest absolute Gasteiger partial charge is 0.433 e. The maximum atomic E-state index is 13.0. The first-order valence-electron chi connectivity index (χ1n) is 10.3. The molecular weight excluding hydrogens is 475 g/mol.